The topological polar surface area (TPSA) is 63.2 Å². The Morgan fingerprint density at radius 2 is 1.89 bits per heavy atom. The summed E-state index contributed by atoms with van der Waals surface area (Å²) in [5, 5.41) is 6.73. The Morgan fingerprint density at radius 1 is 1.11 bits per heavy atom. The molecule has 3 aromatic rings. The van der Waals surface area contributed by atoms with Crippen molar-refractivity contribution in [2.45, 2.75) is 20.3 Å². The first-order chi connectivity index (χ1) is 13.5. The average molecular weight is 396 g/mol. The van der Waals surface area contributed by atoms with E-state index in [4.69, 9.17) is 16.3 Å². The number of methoxy groups -OCH3 is 1. The van der Waals surface area contributed by atoms with Gasteiger partial charge in [-0.15, -0.1) is 0 Å². The number of hydrogen-bond acceptors (Lipinski definition) is 4. The van der Waals surface area contributed by atoms with Gasteiger partial charge in [-0.05, 0) is 48.7 Å². The average Bonchev–Trinajstić information content (AvgIpc) is 2.68. The molecule has 0 unspecified atom stereocenters. The van der Waals surface area contributed by atoms with Crippen molar-refractivity contribution in [2.75, 3.05) is 17.7 Å². The molecule has 0 aliphatic rings. The molecule has 1 heterocycles. The molecule has 0 spiro atoms. The number of amides is 1. The molecule has 0 aliphatic heterocycles. The maximum Gasteiger partial charge on any atom is 0.228 e. The van der Waals surface area contributed by atoms with E-state index in [2.05, 4.69) is 15.6 Å². The van der Waals surface area contributed by atoms with Gasteiger partial charge in [0.25, 0.3) is 0 Å². The lowest BCUT2D eigenvalue weighted by atomic mass is 10.1. The Hall–Kier alpha value is -3.05. The number of ether oxygens (including phenoxy) is 1. The zero-order valence-corrected chi connectivity index (χ0v) is 16.8. The van der Waals surface area contributed by atoms with Crippen LogP contribution in [0.5, 0.6) is 5.75 Å². The van der Waals surface area contributed by atoms with Gasteiger partial charge in [0.05, 0.1) is 31.1 Å². The molecule has 144 valence electrons. The fraction of sp³-hybridized carbons (Fsp3) is 0.182. The van der Waals surface area contributed by atoms with Crippen LogP contribution in [0.1, 0.15) is 16.7 Å². The lowest BCUT2D eigenvalue weighted by Crippen LogP contribution is -2.15. The molecule has 0 fully saturated rings. The number of anilines is 3. The van der Waals surface area contributed by atoms with E-state index in [1.165, 1.54) is 0 Å². The van der Waals surface area contributed by atoms with Gasteiger partial charge in [-0.2, -0.15) is 0 Å². The quantitative estimate of drug-likeness (QED) is 0.595. The molecule has 3 rings (SSSR count). The summed E-state index contributed by atoms with van der Waals surface area (Å²) in [7, 11) is 1.59. The van der Waals surface area contributed by atoms with Crippen molar-refractivity contribution < 1.29 is 9.53 Å². The molecule has 0 bridgehead atoms. The summed E-state index contributed by atoms with van der Waals surface area (Å²) < 4.78 is 5.36. The second kappa shape index (κ2) is 8.76. The Kier molecular flexibility index (Phi) is 6.16. The van der Waals surface area contributed by atoms with Crippen molar-refractivity contribution in [1.82, 2.24) is 4.98 Å². The second-order valence-corrected chi connectivity index (χ2v) is 6.92. The Labute approximate surface area is 169 Å². The van der Waals surface area contributed by atoms with Crippen LogP contribution in [0.3, 0.4) is 0 Å². The SMILES string of the molecule is COc1cc(Cl)c(C)cc1Nc1ccc(NC(=O)Cc2ccccc2C)cn1. The van der Waals surface area contributed by atoms with Gasteiger partial charge in [-0.3, -0.25) is 4.79 Å². The third-order valence-corrected chi connectivity index (χ3v) is 4.81. The lowest BCUT2D eigenvalue weighted by Gasteiger charge is -2.13. The molecule has 1 amide bonds. The molecular weight excluding hydrogens is 374 g/mol. The second-order valence-electron chi connectivity index (χ2n) is 6.51. The van der Waals surface area contributed by atoms with E-state index in [1.807, 2.05) is 44.2 Å². The number of aromatic nitrogens is 1. The van der Waals surface area contributed by atoms with Crippen LogP contribution < -0.4 is 15.4 Å². The van der Waals surface area contributed by atoms with E-state index >= 15 is 0 Å². The van der Waals surface area contributed by atoms with Gasteiger partial charge in [-0.25, -0.2) is 4.98 Å². The van der Waals surface area contributed by atoms with Crippen molar-refractivity contribution in [3.8, 4) is 5.75 Å². The van der Waals surface area contributed by atoms with Gasteiger partial charge >= 0.3 is 0 Å². The Morgan fingerprint density at radius 3 is 2.57 bits per heavy atom. The third-order valence-electron chi connectivity index (χ3n) is 4.40. The fourth-order valence-electron chi connectivity index (χ4n) is 2.80. The summed E-state index contributed by atoms with van der Waals surface area (Å²) in [6.45, 7) is 3.92. The number of pyridine rings is 1. The highest BCUT2D eigenvalue weighted by Crippen LogP contribution is 2.32. The van der Waals surface area contributed by atoms with E-state index in [1.54, 1.807) is 31.5 Å². The number of aryl methyl sites for hydroxylation is 2. The molecule has 0 saturated carbocycles. The minimum atomic E-state index is -0.0770. The van der Waals surface area contributed by atoms with Crippen LogP contribution in [0.2, 0.25) is 5.02 Å². The molecule has 0 radical (unpaired) electrons. The van der Waals surface area contributed by atoms with Crippen LogP contribution in [0.25, 0.3) is 0 Å². The van der Waals surface area contributed by atoms with Crippen molar-refractivity contribution >= 4 is 34.7 Å². The van der Waals surface area contributed by atoms with Crippen LogP contribution in [0, 0.1) is 13.8 Å². The highest BCUT2D eigenvalue weighted by atomic mass is 35.5. The number of halogens is 1. The van der Waals surface area contributed by atoms with Crippen LogP contribution in [-0.4, -0.2) is 18.0 Å². The van der Waals surface area contributed by atoms with Gasteiger partial charge in [0.2, 0.25) is 5.91 Å². The van der Waals surface area contributed by atoms with Gasteiger partial charge < -0.3 is 15.4 Å². The van der Waals surface area contributed by atoms with E-state index in [0.29, 0.717) is 28.7 Å². The van der Waals surface area contributed by atoms with Crippen LogP contribution in [-0.2, 0) is 11.2 Å². The zero-order chi connectivity index (χ0) is 20.1. The van der Waals surface area contributed by atoms with E-state index in [9.17, 15) is 4.79 Å². The number of hydrogen-bond donors (Lipinski definition) is 2. The van der Waals surface area contributed by atoms with E-state index < -0.39 is 0 Å². The minimum absolute atomic E-state index is 0.0770. The van der Waals surface area contributed by atoms with Gasteiger partial charge in [0, 0.05) is 11.1 Å². The molecule has 2 N–H and O–H groups in total. The first-order valence-corrected chi connectivity index (χ1v) is 9.25. The molecule has 0 saturated heterocycles. The highest BCUT2D eigenvalue weighted by molar-refractivity contribution is 6.31. The van der Waals surface area contributed by atoms with Gasteiger partial charge in [-0.1, -0.05) is 35.9 Å². The molecule has 2 aromatic carbocycles. The van der Waals surface area contributed by atoms with E-state index in [0.717, 1.165) is 22.4 Å². The number of carbonyl (C=O) groups excluding carboxylic acids is 1. The maximum absolute atomic E-state index is 12.3. The molecule has 28 heavy (non-hydrogen) atoms. The molecule has 5 nitrogen and oxygen atoms in total. The van der Waals surface area contributed by atoms with Crippen molar-refractivity contribution in [2.24, 2.45) is 0 Å². The van der Waals surface area contributed by atoms with Crippen LogP contribution in [0.15, 0.2) is 54.7 Å². The zero-order valence-electron chi connectivity index (χ0n) is 16.0. The summed E-state index contributed by atoms with van der Waals surface area (Å²) in [6.07, 6.45) is 1.95. The summed E-state index contributed by atoms with van der Waals surface area (Å²) in [4.78, 5) is 16.6. The summed E-state index contributed by atoms with van der Waals surface area (Å²) in [5.74, 6) is 1.19. The standard InChI is InChI=1S/C22H22ClN3O2/c1-14-6-4-5-7-16(14)11-22(27)25-17-8-9-21(24-13-17)26-19-10-15(2)18(23)12-20(19)28-3/h4-10,12-13H,11H2,1-3H3,(H,24,26)(H,25,27). The maximum atomic E-state index is 12.3. The largest absolute Gasteiger partial charge is 0.495 e. The smallest absolute Gasteiger partial charge is 0.228 e. The van der Waals surface area contributed by atoms with Crippen molar-refractivity contribution in [3.63, 3.8) is 0 Å². The summed E-state index contributed by atoms with van der Waals surface area (Å²) in [6, 6.07) is 15.1. The van der Waals surface area contributed by atoms with Crippen molar-refractivity contribution in [3.05, 3.63) is 76.4 Å². The minimum Gasteiger partial charge on any atom is -0.495 e. The molecule has 6 heteroatoms. The molecule has 0 aliphatic carbocycles. The monoisotopic (exact) mass is 395 g/mol. The van der Waals surface area contributed by atoms with Crippen molar-refractivity contribution in [1.29, 1.82) is 0 Å². The van der Waals surface area contributed by atoms with Crippen LogP contribution in [0.4, 0.5) is 17.2 Å². The predicted octanol–water partition coefficient (Wildman–Crippen LogP) is 5.29. The Balaban J connectivity index is 1.66. The van der Waals surface area contributed by atoms with Gasteiger partial charge in [0.1, 0.15) is 11.6 Å². The number of benzene rings is 2. The lowest BCUT2D eigenvalue weighted by molar-refractivity contribution is -0.115. The highest BCUT2D eigenvalue weighted by Gasteiger charge is 2.09. The first-order valence-electron chi connectivity index (χ1n) is 8.88. The normalized spacial score (nSPS) is 10.4. The molecule has 0 atom stereocenters. The molecular formula is C22H22ClN3O2. The summed E-state index contributed by atoms with van der Waals surface area (Å²) in [5.41, 5.74) is 4.46. The fourth-order valence-corrected chi connectivity index (χ4v) is 2.95. The summed E-state index contributed by atoms with van der Waals surface area (Å²) >= 11 is 6.14. The first kappa shape index (κ1) is 19.7. The number of rotatable bonds is 6. The third kappa shape index (κ3) is 4.81. The number of carbonyl (C=O) groups is 1. The Bertz CT molecular complexity index is 988. The number of nitrogens with zero attached hydrogens (tertiary/aromatic N) is 1. The predicted molar refractivity (Wildman–Crippen MR) is 114 cm³/mol. The van der Waals surface area contributed by atoms with Crippen LogP contribution >= 0.6 is 11.6 Å². The van der Waals surface area contributed by atoms with E-state index in [-0.39, 0.29) is 5.91 Å². The number of nitrogens with one attached hydrogen (secondary N) is 2. The molecule has 1 aromatic heterocycles. The van der Waals surface area contributed by atoms with Gasteiger partial charge in [0.15, 0.2) is 0 Å².